The number of allylic oxidation sites excluding steroid dienone is 7. The van der Waals surface area contributed by atoms with Gasteiger partial charge in [0.1, 0.15) is 0 Å². The van der Waals surface area contributed by atoms with Crippen LogP contribution in [0.2, 0.25) is 0 Å². The molecule has 1 aromatic carbocycles. The van der Waals surface area contributed by atoms with Gasteiger partial charge < -0.3 is 0 Å². The van der Waals surface area contributed by atoms with Crippen molar-refractivity contribution in [3.63, 3.8) is 0 Å². The Kier molecular flexibility index (Phi) is 5.38. The first-order valence-electron chi connectivity index (χ1n) is 6.59. The van der Waals surface area contributed by atoms with Crippen molar-refractivity contribution in [3.8, 4) is 0 Å². The highest BCUT2D eigenvalue weighted by Crippen LogP contribution is 2.42. The molecule has 0 aliphatic heterocycles. The summed E-state index contributed by atoms with van der Waals surface area (Å²) < 4.78 is 0. The molecular formula is C18H22. The van der Waals surface area contributed by atoms with E-state index in [4.69, 9.17) is 0 Å². The lowest BCUT2D eigenvalue weighted by molar-refractivity contribution is 1.50. The molecule has 0 nitrogen and oxygen atoms in total. The topological polar surface area (TPSA) is 0 Å². The van der Waals surface area contributed by atoms with Crippen molar-refractivity contribution in [2.24, 2.45) is 0 Å². The molecule has 0 heteroatoms. The highest BCUT2D eigenvalue weighted by Gasteiger charge is 2.21. The minimum absolute atomic E-state index is 1.24. The monoisotopic (exact) mass is 238 g/mol. The van der Waals surface area contributed by atoms with Gasteiger partial charge >= 0.3 is 0 Å². The molecule has 18 heavy (non-hydrogen) atoms. The van der Waals surface area contributed by atoms with Gasteiger partial charge in [-0.2, -0.15) is 0 Å². The van der Waals surface area contributed by atoms with Gasteiger partial charge in [-0.1, -0.05) is 69.0 Å². The molecule has 94 valence electrons. The van der Waals surface area contributed by atoms with E-state index in [1.807, 2.05) is 26.8 Å². The number of hydrogen-bond donors (Lipinski definition) is 0. The van der Waals surface area contributed by atoms with Crippen LogP contribution in [0.4, 0.5) is 0 Å². The lowest BCUT2D eigenvalue weighted by atomic mass is 10.0. The van der Waals surface area contributed by atoms with Crippen LogP contribution in [0.1, 0.15) is 38.8 Å². The first-order valence-corrected chi connectivity index (χ1v) is 6.59. The van der Waals surface area contributed by atoms with Crippen LogP contribution in [-0.2, 0) is 0 Å². The van der Waals surface area contributed by atoms with Crippen molar-refractivity contribution in [3.05, 3.63) is 71.8 Å². The van der Waals surface area contributed by atoms with E-state index in [1.54, 1.807) is 0 Å². The Morgan fingerprint density at radius 1 is 0.944 bits per heavy atom. The summed E-state index contributed by atoms with van der Waals surface area (Å²) in [6, 6.07) is 8.51. The van der Waals surface area contributed by atoms with E-state index in [9.17, 15) is 0 Å². The zero-order chi connectivity index (χ0) is 13.5. The molecule has 0 unspecified atom stereocenters. The average molecular weight is 238 g/mol. The highest BCUT2D eigenvalue weighted by molar-refractivity contribution is 6.04. The Bertz CT molecular complexity index is 511. The van der Waals surface area contributed by atoms with Gasteiger partial charge in [0.25, 0.3) is 0 Å². The number of fused-ring (bicyclic) bond motifs is 1. The zero-order valence-electron chi connectivity index (χ0n) is 11.8. The summed E-state index contributed by atoms with van der Waals surface area (Å²) in [5.74, 6) is 0. The lowest BCUT2D eigenvalue weighted by Gasteiger charge is -2.01. The summed E-state index contributed by atoms with van der Waals surface area (Å²) in [6.45, 7) is 12.0. The SMILES string of the molecule is C=C/C1=C(/C=C\C)c2ccccc2\C1=C\C.CC. The van der Waals surface area contributed by atoms with Gasteiger partial charge in [-0.05, 0) is 41.7 Å². The predicted molar refractivity (Wildman–Crippen MR) is 83.4 cm³/mol. The molecular weight excluding hydrogens is 216 g/mol. The van der Waals surface area contributed by atoms with E-state index in [0.717, 1.165) is 0 Å². The fraction of sp³-hybridized carbons (Fsp3) is 0.222. The van der Waals surface area contributed by atoms with Crippen molar-refractivity contribution >= 4 is 11.1 Å². The third-order valence-electron chi connectivity index (χ3n) is 2.91. The van der Waals surface area contributed by atoms with Gasteiger partial charge in [-0.25, -0.2) is 0 Å². The van der Waals surface area contributed by atoms with Crippen molar-refractivity contribution in [1.82, 2.24) is 0 Å². The van der Waals surface area contributed by atoms with Crippen molar-refractivity contribution in [2.75, 3.05) is 0 Å². The number of rotatable bonds is 2. The molecule has 1 aliphatic rings. The Balaban J connectivity index is 0.000000771. The maximum absolute atomic E-state index is 3.92. The lowest BCUT2D eigenvalue weighted by Crippen LogP contribution is -1.81. The zero-order valence-corrected chi connectivity index (χ0v) is 11.8. The van der Waals surface area contributed by atoms with Gasteiger partial charge in [0.15, 0.2) is 0 Å². The van der Waals surface area contributed by atoms with Crippen LogP contribution in [0, 0.1) is 0 Å². The summed E-state index contributed by atoms with van der Waals surface area (Å²) in [5, 5.41) is 0. The first kappa shape index (κ1) is 14.2. The highest BCUT2D eigenvalue weighted by atomic mass is 14.2. The fourth-order valence-corrected chi connectivity index (χ4v) is 2.27. The third kappa shape index (κ3) is 2.38. The van der Waals surface area contributed by atoms with Crippen LogP contribution in [-0.4, -0.2) is 0 Å². The third-order valence-corrected chi connectivity index (χ3v) is 2.91. The second kappa shape index (κ2) is 6.80. The minimum Gasteiger partial charge on any atom is -0.0984 e. The maximum Gasteiger partial charge on any atom is -0.00992 e. The van der Waals surface area contributed by atoms with Gasteiger partial charge in [0.05, 0.1) is 0 Å². The Labute approximate surface area is 111 Å². The van der Waals surface area contributed by atoms with E-state index >= 15 is 0 Å². The van der Waals surface area contributed by atoms with E-state index in [1.165, 1.54) is 27.8 Å². The van der Waals surface area contributed by atoms with Gasteiger partial charge in [0.2, 0.25) is 0 Å². The maximum atomic E-state index is 3.92. The fourth-order valence-electron chi connectivity index (χ4n) is 2.27. The molecule has 0 saturated carbocycles. The summed E-state index contributed by atoms with van der Waals surface area (Å²) in [4.78, 5) is 0. The van der Waals surface area contributed by atoms with Crippen LogP contribution >= 0.6 is 0 Å². The van der Waals surface area contributed by atoms with Crippen LogP contribution in [0.25, 0.3) is 11.1 Å². The molecule has 0 bridgehead atoms. The smallest absolute Gasteiger partial charge is 0.00992 e. The molecule has 0 atom stereocenters. The summed E-state index contributed by atoms with van der Waals surface area (Å²) in [6.07, 6.45) is 8.34. The largest absolute Gasteiger partial charge is 0.0984 e. The second-order valence-electron chi connectivity index (χ2n) is 3.78. The molecule has 0 amide bonds. The van der Waals surface area contributed by atoms with Crippen molar-refractivity contribution < 1.29 is 0 Å². The molecule has 0 aromatic heterocycles. The Hall–Kier alpha value is -1.82. The second-order valence-corrected chi connectivity index (χ2v) is 3.78. The molecule has 0 radical (unpaired) electrons. The normalized spacial score (nSPS) is 15.7. The standard InChI is InChI=1S/C16H16.C2H6/c1-4-9-14-12(5-2)13(6-3)15-10-7-8-11-16(14)15;1-2/h4-11H,2H2,1,3H3;1-2H3/b9-4-,13-6+;. The molecule has 1 aliphatic carbocycles. The Morgan fingerprint density at radius 2 is 1.56 bits per heavy atom. The summed E-state index contributed by atoms with van der Waals surface area (Å²) in [5.41, 5.74) is 6.43. The van der Waals surface area contributed by atoms with Crippen LogP contribution < -0.4 is 0 Å². The van der Waals surface area contributed by atoms with Gasteiger partial charge in [-0.15, -0.1) is 0 Å². The molecule has 0 saturated heterocycles. The van der Waals surface area contributed by atoms with E-state index in [-0.39, 0.29) is 0 Å². The summed E-state index contributed by atoms with van der Waals surface area (Å²) in [7, 11) is 0. The molecule has 0 heterocycles. The summed E-state index contributed by atoms with van der Waals surface area (Å²) >= 11 is 0. The number of benzene rings is 1. The van der Waals surface area contributed by atoms with E-state index in [0.29, 0.717) is 0 Å². The molecule has 0 N–H and O–H groups in total. The van der Waals surface area contributed by atoms with Gasteiger partial charge in [-0.3, -0.25) is 0 Å². The Morgan fingerprint density at radius 3 is 2.06 bits per heavy atom. The van der Waals surface area contributed by atoms with Crippen LogP contribution in [0.15, 0.2) is 60.7 Å². The van der Waals surface area contributed by atoms with Crippen LogP contribution in [0.3, 0.4) is 0 Å². The van der Waals surface area contributed by atoms with Crippen molar-refractivity contribution in [1.29, 1.82) is 0 Å². The number of hydrogen-bond acceptors (Lipinski definition) is 0. The first-order chi connectivity index (χ1) is 8.83. The van der Waals surface area contributed by atoms with Crippen LogP contribution in [0.5, 0.6) is 0 Å². The average Bonchev–Trinajstić information content (AvgIpc) is 2.75. The van der Waals surface area contributed by atoms with E-state index < -0.39 is 0 Å². The molecule has 2 rings (SSSR count). The predicted octanol–water partition coefficient (Wildman–Crippen LogP) is 5.65. The minimum atomic E-state index is 1.24. The molecule has 0 spiro atoms. The molecule has 0 fully saturated rings. The van der Waals surface area contributed by atoms with Gasteiger partial charge in [0, 0.05) is 0 Å². The van der Waals surface area contributed by atoms with E-state index in [2.05, 4.69) is 56.0 Å². The quantitative estimate of drug-likeness (QED) is 0.625. The van der Waals surface area contributed by atoms with Crippen molar-refractivity contribution in [2.45, 2.75) is 27.7 Å². The molecule has 1 aromatic rings.